The van der Waals surface area contributed by atoms with E-state index < -0.39 is 14.5 Å². The van der Waals surface area contributed by atoms with E-state index in [1.807, 2.05) is 91.0 Å². The molecule has 3 rings (SSSR count). The molecule has 162 valence electrons. The number of carbonyl (C=O) groups excluding carboxylic acids is 1. The zero-order valence-corrected chi connectivity index (χ0v) is 19.9. The largest absolute Gasteiger partial charge is 0.365 e. The maximum absolute atomic E-state index is 14.2. The summed E-state index contributed by atoms with van der Waals surface area (Å²) in [6, 6.07) is 29.5. The summed E-state index contributed by atoms with van der Waals surface area (Å²) in [4.78, 5) is 13.4. The van der Waals surface area contributed by atoms with Crippen molar-refractivity contribution in [3.63, 3.8) is 0 Å². The third-order valence-corrected chi connectivity index (χ3v) is 12.8. The molecule has 0 aromatic heterocycles. The molecule has 3 aromatic rings. The van der Waals surface area contributed by atoms with Crippen molar-refractivity contribution >= 4 is 41.2 Å². The number of hydrogen-bond acceptors (Lipinski definition) is 4. The first-order valence-electron chi connectivity index (χ1n) is 10.3. The third kappa shape index (κ3) is 4.54. The molecule has 0 saturated heterocycles. The summed E-state index contributed by atoms with van der Waals surface area (Å²) in [5.41, 5.74) is 0. The Hall–Kier alpha value is -2.22. The number of benzene rings is 3. The molecule has 0 aliphatic rings. The zero-order chi connectivity index (χ0) is 22.3. The van der Waals surface area contributed by atoms with E-state index in [9.17, 15) is 9.36 Å². The molecule has 4 nitrogen and oxygen atoms in total. The van der Waals surface area contributed by atoms with Crippen molar-refractivity contribution in [3.8, 4) is 0 Å². The highest BCUT2D eigenvalue weighted by Crippen LogP contribution is 2.61. The summed E-state index contributed by atoms with van der Waals surface area (Å²) < 4.78 is 25.8. The van der Waals surface area contributed by atoms with E-state index in [-0.39, 0.29) is 24.0 Å². The Balaban J connectivity index is 2.67. The van der Waals surface area contributed by atoms with Crippen LogP contribution in [0.15, 0.2) is 91.0 Å². The van der Waals surface area contributed by atoms with Crippen molar-refractivity contribution < 1.29 is 18.4 Å². The van der Waals surface area contributed by atoms with Crippen molar-refractivity contribution in [2.24, 2.45) is 0 Å². The van der Waals surface area contributed by atoms with Gasteiger partial charge in [-0.1, -0.05) is 91.0 Å². The van der Waals surface area contributed by atoms with E-state index in [0.717, 1.165) is 15.9 Å². The van der Waals surface area contributed by atoms with E-state index in [2.05, 4.69) is 0 Å². The van der Waals surface area contributed by atoms with Crippen LogP contribution in [0.3, 0.4) is 0 Å². The molecule has 0 saturated carbocycles. The zero-order valence-electron chi connectivity index (χ0n) is 18.1. The molecule has 0 radical (unpaired) electrons. The van der Waals surface area contributed by atoms with Crippen molar-refractivity contribution in [2.45, 2.75) is 20.8 Å². The van der Waals surface area contributed by atoms with Crippen LogP contribution in [0.5, 0.6) is 0 Å². The van der Waals surface area contributed by atoms with Crippen LogP contribution in [0.4, 0.5) is 0 Å². The van der Waals surface area contributed by atoms with Crippen LogP contribution in [-0.2, 0) is 18.4 Å². The second kappa shape index (κ2) is 10.4. The molecule has 31 heavy (non-hydrogen) atoms. The number of hydrogen-bond donors (Lipinski definition) is 0. The minimum Gasteiger partial charge on any atom is -0.305 e. The van der Waals surface area contributed by atoms with Gasteiger partial charge in [-0.25, -0.2) is 0 Å². The third-order valence-electron chi connectivity index (χ3n) is 4.92. The highest BCUT2D eigenvalue weighted by Gasteiger charge is 2.43. The van der Waals surface area contributed by atoms with Gasteiger partial charge >= 0.3 is 7.60 Å². The Morgan fingerprint density at radius 1 is 0.677 bits per heavy atom. The SMILES string of the molecule is CCOP(=O)(OCC)C(C(C)=O)=P(c1ccccc1)(c1ccccc1)c1ccccc1. The minimum atomic E-state index is -3.89. The fourth-order valence-electron chi connectivity index (χ4n) is 3.88. The van der Waals surface area contributed by atoms with Crippen molar-refractivity contribution in [1.29, 1.82) is 0 Å². The molecule has 0 unspecified atom stereocenters. The Bertz CT molecular complexity index is 997. The van der Waals surface area contributed by atoms with E-state index in [1.165, 1.54) is 6.92 Å². The lowest BCUT2D eigenvalue weighted by Crippen LogP contribution is -2.33. The normalized spacial score (nSPS) is 11.8. The fraction of sp³-hybridized carbons (Fsp3) is 0.200. The molecule has 6 heteroatoms. The van der Waals surface area contributed by atoms with Gasteiger partial charge in [0.15, 0.2) is 5.78 Å². The van der Waals surface area contributed by atoms with Crippen LogP contribution in [-0.4, -0.2) is 24.0 Å². The van der Waals surface area contributed by atoms with E-state index >= 15 is 0 Å². The molecular weight excluding hydrogens is 426 g/mol. The lowest BCUT2D eigenvalue weighted by Gasteiger charge is -2.34. The molecular formula is C25H28O4P2. The standard InChI is InChI=1S/C25H28O4P2/c1-4-28-31(27,29-5-2)25(21(3)26)30(22-15-9-6-10-16-22,23-17-11-7-12-18-23)24-19-13-8-14-20-24/h6-20H,4-5H2,1-3H3. The lowest BCUT2D eigenvalue weighted by molar-refractivity contribution is -0.110. The Labute approximate surface area is 184 Å². The van der Waals surface area contributed by atoms with Gasteiger partial charge in [0, 0.05) is 0 Å². The maximum atomic E-state index is 14.2. The molecule has 0 spiro atoms. The highest BCUT2D eigenvalue weighted by molar-refractivity contribution is 8.07. The van der Waals surface area contributed by atoms with Gasteiger partial charge in [0.05, 0.1) is 13.2 Å². The average Bonchev–Trinajstić information content (AvgIpc) is 2.79. The second-order valence-corrected chi connectivity index (χ2v) is 12.5. The van der Waals surface area contributed by atoms with Gasteiger partial charge in [-0.2, -0.15) is 0 Å². The number of ketones is 1. The van der Waals surface area contributed by atoms with Gasteiger partial charge in [0.1, 0.15) is 5.03 Å². The van der Waals surface area contributed by atoms with E-state index in [1.54, 1.807) is 13.8 Å². The Kier molecular flexibility index (Phi) is 7.86. The summed E-state index contributed by atoms with van der Waals surface area (Å²) >= 11 is 0. The second-order valence-electron chi connectivity index (χ2n) is 6.89. The highest BCUT2D eigenvalue weighted by atomic mass is 31.2. The Morgan fingerprint density at radius 2 is 1.00 bits per heavy atom. The molecule has 0 atom stereocenters. The van der Waals surface area contributed by atoms with Crippen LogP contribution in [0.2, 0.25) is 0 Å². The topological polar surface area (TPSA) is 52.6 Å². The van der Waals surface area contributed by atoms with Crippen LogP contribution >= 0.6 is 14.5 Å². The van der Waals surface area contributed by atoms with E-state index in [4.69, 9.17) is 9.05 Å². The fourth-order valence-corrected chi connectivity index (χ4v) is 12.1. The summed E-state index contributed by atoms with van der Waals surface area (Å²) in [7, 11) is -3.89. The van der Waals surface area contributed by atoms with E-state index in [0.29, 0.717) is 0 Å². The number of rotatable bonds is 9. The van der Waals surface area contributed by atoms with Gasteiger partial charge < -0.3 is 9.05 Å². The van der Waals surface area contributed by atoms with Crippen LogP contribution in [0, 0.1) is 0 Å². The van der Waals surface area contributed by atoms with Gasteiger partial charge in [0.2, 0.25) is 0 Å². The molecule has 0 fully saturated rings. The first-order chi connectivity index (χ1) is 15.0. The molecule has 0 aliphatic carbocycles. The molecule has 0 amide bonds. The van der Waals surface area contributed by atoms with Gasteiger partial charge in [-0.3, -0.25) is 9.36 Å². The average molecular weight is 454 g/mol. The predicted octanol–water partition coefficient (Wildman–Crippen LogP) is 4.97. The van der Waals surface area contributed by atoms with Crippen LogP contribution < -0.4 is 15.9 Å². The van der Waals surface area contributed by atoms with Crippen molar-refractivity contribution in [2.75, 3.05) is 13.2 Å². The molecule has 0 heterocycles. The molecule has 0 aliphatic heterocycles. The Morgan fingerprint density at radius 3 is 1.26 bits per heavy atom. The smallest absolute Gasteiger partial charge is 0.305 e. The number of Topliss-reactive ketones (excluding diaryl/α,β-unsaturated/α-hetero) is 1. The van der Waals surface area contributed by atoms with Crippen molar-refractivity contribution in [1.82, 2.24) is 0 Å². The summed E-state index contributed by atoms with van der Waals surface area (Å²) in [6.07, 6.45) is 0. The predicted molar refractivity (Wildman–Crippen MR) is 132 cm³/mol. The quantitative estimate of drug-likeness (QED) is 0.429. The first kappa shape index (κ1) is 23.4. The van der Waals surface area contributed by atoms with Crippen LogP contribution in [0.1, 0.15) is 20.8 Å². The monoisotopic (exact) mass is 454 g/mol. The molecule has 0 N–H and O–H groups in total. The van der Waals surface area contributed by atoms with Crippen LogP contribution in [0.25, 0.3) is 0 Å². The lowest BCUT2D eigenvalue weighted by atomic mass is 10.4. The first-order valence-corrected chi connectivity index (χ1v) is 13.7. The van der Waals surface area contributed by atoms with Gasteiger partial charge in [-0.15, -0.1) is 0 Å². The van der Waals surface area contributed by atoms with Gasteiger partial charge in [0.25, 0.3) is 0 Å². The molecule has 0 bridgehead atoms. The van der Waals surface area contributed by atoms with Crippen molar-refractivity contribution in [3.05, 3.63) is 91.0 Å². The summed E-state index contributed by atoms with van der Waals surface area (Å²) in [5.74, 6) is -0.282. The maximum Gasteiger partial charge on any atom is 0.365 e. The molecule has 3 aromatic carbocycles. The number of carbonyl (C=O) groups is 1. The summed E-state index contributed by atoms with van der Waals surface area (Å²) in [6.45, 7) is 2.48. The summed E-state index contributed by atoms with van der Waals surface area (Å²) in [5, 5.41) is 3.01. The minimum absolute atomic E-state index is 0.173. The van der Waals surface area contributed by atoms with Gasteiger partial charge in [-0.05, 0) is 43.6 Å².